The highest BCUT2D eigenvalue weighted by atomic mass is 32.1. The van der Waals surface area contributed by atoms with Crippen LogP contribution in [0.1, 0.15) is 0 Å². The smallest absolute Gasteiger partial charge is 0.136 e. The van der Waals surface area contributed by atoms with E-state index in [4.69, 9.17) is 8.83 Å². The maximum Gasteiger partial charge on any atom is 0.136 e. The number of para-hydroxylation sites is 1. The third kappa shape index (κ3) is 4.26. The number of rotatable bonds is 4. The number of fused-ring (bicyclic) bond motifs is 13. The number of anilines is 3. The van der Waals surface area contributed by atoms with Crippen molar-refractivity contribution in [2.75, 3.05) is 4.90 Å². The van der Waals surface area contributed by atoms with E-state index in [1.54, 1.807) is 0 Å². The van der Waals surface area contributed by atoms with Gasteiger partial charge in [-0.05, 0) is 77.9 Å². The molecule has 0 fully saturated rings. The molecule has 0 saturated heterocycles. The third-order valence-corrected chi connectivity index (χ3v) is 13.1. The van der Waals surface area contributed by atoms with Gasteiger partial charge in [0.05, 0.1) is 20.8 Å². The summed E-state index contributed by atoms with van der Waals surface area (Å²) >= 11 is 3.73. The Morgan fingerprint density at radius 3 is 1.51 bits per heavy atom. The number of benzene rings is 8. The molecule has 0 radical (unpaired) electrons. The Hall–Kier alpha value is -6.40. The van der Waals surface area contributed by atoms with Gasteiger partial charge < -0.3 is 13.7 Å². The zero-order valence-corrected chi connectivity index (χ0v) is 29.8. The summed E-state index contributed by atoms with van der Waals surface area (Å²) in [4.78, 5) is 2.46. The third-order valence-electron chi connectivity index (χ3n) is 10.7. The van der Waals surface area contributed by atoms with Crippen molar-refractivity contribution in [3.8, 4) is 11.1 Å². The molecule has 0 spiro atoms. The molecule has 0 amide bonds. The molecule has 248 valence electrons. The van der Waals surface area contributed by atoms with Gasteiger partial charge in [0.2, 0.25) is 0 Å². The first kappa shape index (κ1) is 29.2. The molecule has 12 aromatic rings. The summed E-state index contributed by atoms with van der Waals surface area (Å²) in [6.07, 6.45) is 0. The Kier molecular flexibility index (Phi) is 6.09. The van der Waals surface area contributed by atoms with Gasteiger partial charge in [0.15, 0.2) is 0 Å². The van der Waals surface area contributed by atoms with E-state index in [0.717, 1.165) is 60.7 Å². The highest BCUT2D eigenvalue weighted by molar-refractivity contribution is 7.27. The fourth-order valence-electron chi connectivity index (χ4n) is 8.29. The van der Waals surface area contributed by atoms with E-state index in [0.29, 0.717) is 0 Å². The van der Waals surface area contributed by atoms with Gasteiger partial charge in [-0.1, -0.05) is 97.1 Å². The molecule has 0 unspecified atom stereocenters. The van der Waals surface area contributed by atoms with Crippen LogP contribution in [0.25, 0.3) is 95.3 Å². The Morgan fingerprint density at radius 1 is 0.358 bits per heavy atom. The first-order chi connectivity index (χ1) is 26.3. The van der Waals surface area contributed by atoms with Crippen molar-refractivity contribution >= 4 is 124 Å². The van der Waals surface area contributed by atoms with Crippen LogP contribution in [0.15, 0.2) is 173 Å². The highest BCUT2D eigenvalue weighted by Crippen LogP contribution is 2.49. The zero-order chi connectivity index (χ0) is 34.6. The van der Waals surface area contributed by atoms with Crippen LogP contribution in [0.3, 0.4) is 0 Å². The second-order valence-electron chi connectivity index (χ2n) is 13.6. The summed E-state index contributed by atoms with van der Waals surface area (Å²) in [7, 11) is 0. The molecule has 0 bridgehead atoms. The maximum atomic E-state index is 6.50. The molecule has 12 rings (SSSR count). The monoisotopic (exact) mass is 713 g/mol. The fourth-order valence-corrected chi connectivity index (χ4v) is 10.7. The molecule has 0 aliphatic heterocycles. The Labute approximate surface area is 311 Å². The van der Waals surface area contributed by atoms with E-state index in [9.17, 15) is 0 Å². The quantitative estimate of drug-likeness (QED) is 0.182. The van der Waals surface area contributed by atoms with E-state index in [2.05, 4.69) is 144 Å². The molecule has 8 aromatic carbocycles. The Balaban J connectivity index is 1.03. The zero-order valence-electron chi connectivity index (χ0n) is 28.2. The van der Waals surface area contributed by atoms with E-state index < -0.39 is 0 Å². The number of hydrogen-bond acceptors (Lipinski definition) is 5. The molecule has 4 aromatic heterocycles. The molecule has 5 heteroatoms. The maximum absolute atomic E-state index is 6.50. The molecule has 53 heavy (non-hydrogen) atoms. The van der Waals surface area contributed by atoms with Crippen LogP contribution in [0.4, 0.5) is 17.1 Å². The topological polar surface area (TPSA) is 29.5 Å². The van der Waals surface area contributed by atoms with E-state index >= 15 is 0 Å². The first-order valence-corrected chi connectivity index (χ1v) is 19.4. The Bertz CT molecular complexity index is 3300. The van der Waals surface area contributed by atoms with Crippen LogP contribution < -0.4 is 4.90 Å². The van der Waals surface area contributed by atoms with Crippen LogP contribution in [-0.2, 0) is 0 Å². The lowest BCUT2D eigenvalue weighted by molar-refractivity contribution is 0.663. The Morgan fingerprint density at radius 2 is 0.868 bits per heavy atom. The number of thiophene rings is 2. The molecule has 3 nitrogen and oxygen atoms in total. The van der Waals surface area contributed by atoms with Crippen LogP contribution in [-0.4, -0.2) is 0 Å². The average Bonchev–Trinajstić information content (AvgIpc) is 3.98. The van der Waals surface area contributed by atoms with Crippen molar-refractivity contribution in [2.24, 2.45) is 0 Å². The molecule has 0 N–H and O–H groups in total. The molecular weight excluding hydrogens is 687 g/mol. The second kappa shape index (κ2) is 11.1. The molecule has 0 aliphatic carbocycles. The average molecular weight is 714 g/mol. The summed E-state index contributed by atoms with van der Waals surface area (Å²) in [6, 6.07) is 58.8. The lowest BCUT2D eigenvalue weighted by Crippen LogP contribution is -2.10. The summed E-state index contributed by atoms with van der Waals surface area (Å²) in [5, 5.41) is 9.58. The first-order valence-electron chi connectivity index (χ1n) is 17.7. The van der Waals surface area contributed by atoms with Gasteiger partial charge in [-0.15, -0.1) is 22.7 Å². The normalized spacial score (nSPS) is 12.2. The molecule has 0 aliphatic rings. The van der Waals surface area contributed by atoms with Gasteiger partial charge >= 0.3 is 0 Å². The van der Waals surface area contributed by atoms with Gasteiger partial charge in [-0.25, -0.2) is 0 Å². The van der Waals surface area contributed by atoms with Crippen molar-refractivity contribution in [1.29, 1.82) is 0 Å². The van der Waals surface area contributed by atoms with E-state index in [-0.39, 0.29) is 0 Å². The number of furan rings is 2. The SMILES string of the molecule is c1ccc2c(c1)oc1ccc3oc4cc(-c5ccc(N(c6cccc7c6sc6ccccc67)c6cccc7c6sc6ccccc67)cc5)ccc4c3c12. The standard InChI is InChI=1S/C48H27NO2S2/c1-4-16-39-35(11-1)45-40(50-39)25-26-41-46(45)36-24-21-29(27-42(36)51-41)28-19-22-30(23-20-28)49(37-14-7-12-33-31-9-2-5-17-43(31)52-47(33)37)38-15-8-13-34-32-10-3-6-18-44(32)53-48(34)38/h1-27H. The van der Waals surface area contributed by atoms with Gasteiger partial charge in [0, 0.05) is 58.2 Å². The highest BCUT2D eigenvalue weighted by Gasteiger charge is 2.22. The number of hydrogen-bond donors (Lipinski definition) is 0. The minimum absolute atomic E-state index is 0.869. The number of nitrogens with zero attached hydrogens (tertiary/aromatic N) is 1. The molecular formula is C48H27NO2S2. The van der Waals surface area contributed by atoms with Crippen molar-refractivity contribution in [3.05, 3.63) is 164 Å². The van der Waals surface area contributed by atoms with Crippen LogP contribution >= 0.6 is 22.7 Å². The summed E-state index contributed by atoms with van der Waals surface area (Å²) in [6.45, 7) is 0. The molecule has 0 atom stereocenters. The van der Waals surface area contributed by atoms with E-state index in [1.165, 1.54) is 51.7 Å². The lowest BCUT2D eigenvalue weighted by atomic mass is 10.0. The fraction of sp³-hybridized carbons (Fsp3) is 0. The predicted molar refractivity (Wildman–Crippen MR) is 227 cm³/mol. The summed E-state index contributed by atoms with van der Waals surface area (Å²) in [5.74, 6) is 0. The van der Waals surface area contributed by atoms with Crippen LogP contribution in [0, 0.1) is 0 Å². The second-order valence-corrected chi connectivity index (χ2v) is 15.7. The van der Waals surface area contributed by atoms with Crippen LogP contribution in [0.2, 0.25) is 0 Å². The van der Waals surface area contributed by atoms with Gasteiger partial charge in [0.1, 0.15) is 22.3 Å². The molecule has 0 saturated carbocycles. The summed E-state index contributed by atoms with van der Waals surface area (Å²) in [5.41, 5.74) is 9.23. The molecule has 4 heterocycles. The predicted octanol–water partition coefficient (Wildman–Crippen LogP) is 15.4. The lowest BCUT2D eigenvalue weighted by Gasteiger charge is -2.27. The largest absolute Gasteiger partial charge is 0.456 e. The van der Waals surface area contributed by atoms with Crippen molar-refractivity contribution in [3.63, 3.8) is 0 Å². The van der Waals surface area contributed by atoms with Crippen molar-refractivity contribution in [1.82, 2.24) is 0 Å². The summed E-state index contributed by atoms with van der Waals surface area (Å²) < 4.78 is 17.9. The minimum atomic E-state index is 0.869. The van der Waals surface area contributed by atoms with Gasteiger partial charge in [-0.2, -0.15) is 0 Å². The van der Waals surface area contributed by atoms with Crippen LogP contribution in [0.5, 0.6) is 0 Å². The van der Waals surface area contributed by atoms with E-state index in [1.807, 2.05) is 46.9 Å². The van der Waals surface area contributed by atoms with Gasteiger partial charge in [-0.3, -0.25) is 0 Å². The van der Waals surface area contributed by atoms with Gasteiger partial charge in [0.25, 0.3) is 0 Å². The van der Waals surface area contributed by atoms with Crippen molar-refractivity contribution < 1.29 is 8.83 Å². The minimum Gasteiger partial charge on any atom is -0.456 e. The van der Waals surface area contributed by atoms with Crippen molar-refractivity contribution in [2.45, 2.75) is 0 Å².